The Labute approximate surface area is 364 Å². The van der Waals surface area contributed by atoms with E-state index in [1.807, 2.05) is 0 Å². The Morgan fingerprint density at radius 1 is 0.532 bits per heavy atom. The molecule has 2 aliphatic rings. The molecule has 308 valence electrons. The average molecular weight is 812 g/mol. The molecule has 0 spiro atoms. The van der Waals surface area contributed by atoms with Gasteiger partial charge in [-0.1, -0.05) is 178 Å². The van der Waals surface area contributed by atoms with Gasteiger partial charge >= 0.3 is 0 Å². The van der Waals surface area contributed by atoms with Gasteiger partial charge in [-0.15, -0.1) is 0 Å². The Hall–Kier alpha value is -6.73. The van der Waals surface area contributed by atoms with Gasteiger partial charge in [0.1, 0.15) is 11.2 Å². The van der Waals surface area contributed by atoms with Gasteiger partial charge in [0.2, 0.25) is 0 Å². The van der Waals surface area contributed by atoms with Crippen LogP contribution < -0.4 is 4.90 Å². The summed E-state index contributed by atoms with van der Waals surface area (Å²) in [4.78, 5) is 28.8. The summed E-state index contributed by atoms with van der Waals surface area (Å²) in [5, 5.41) is 3.09. The van der Waals surface area contributed by atoms with Gasteiger partial charge in [0, 0.05) is 44.2 Å². The van der Waals surface area contributed by atoms with E-state index in [0.29, 0.717) is 34.3 Å². The lowest BCUT2D eigenvalue weighted by atomic mass is 9.86. The van der Waals surface area contributed by atoms with E-state index in [4.69, 9.17) is 24.9 Å². The first-order chi connectivity index (χ1) is 29.6. The van der Waals surface area contributed by atoms with Crippen LogP contribution in [-0.2, 0) is 16.2 Å². The number of benzene rings is 5. The highest BCUT2D eigenvalue weighted by Crippen LogP contribution is 2.45. The lowest BCUT2D eigenvalue weighted by molar-refractivity contribution is 0.590. The van der Waals surface area contributed by atoms with Gasteiger partial charge in [-0.25, -0.2) is 24.9 Å². The highest BCUT2D eigenvalue weighted by molar-refractivity contribution is 6.22. The lowest BCUT2D eigenvalue weighted by Gasteiger charge is -2.31. The van der Waals surface area contributed by atoms with Crippen LogP contribution in [0, 0.1) is 0 Å². The normalized spacial score (nSPS) is 15.5. The number of hydrogen-bond acceptors (Lipinski definition) is 6. The second-order valence-corrected chi connectivity index (χ2v) is 19.9. The molecule has 3 aromatic heterocycles. The second-order valence-electron chi connectivity index (χ2n) is 19.9. The van der Waals surface area contributed by atoms with Crippen LogP contribution in [0.15, 0.2) is 145 Å². The molecule has 1 unspecified atom stereocenters. The van der Waals surface area contributed by atoms with Crippen molar-refractivity contribution in [1.82, 2.24) is 24.5 Å². The standard InChI is InChI=1S/C55H53N7/c1-53(2,3)37-25-19-34(20-26-37)47-56-49-46-50(57-47)60-51(36-23-29-39(30-24-36)55(7,8)9)62(52(46)59-48(58-49)35-21-27-38(28-22-35)54(4,5)6)41-31-32-45-43(33-41)42-17-13-14-18-44(42)61(45)40-15-11-10-12-16-40/h10-15,17-33,40H,16H2,1-9H3. The maximum Gasteiger partial charge on any atom is 0.171 e. The molecule has 0 bridgehead atoms. The largest absolute Gasteiger partial charge is 0.333 e. The molecule has 4 heterocycles. The Morgan fingerprint density at radius 3 is 1.65 bits per heavy atom. The number of aliphatic imine (C=N–C) groups is 1. The Balaban J connectivity index is 1.24. The summed E-state index contributed by atoms with van der Waals surface area (Å²) in [6.07, 6.45) is 9.79. The number of amidine groups is 1. The molecule has 5 aromatic carbocycles. The van der Waals surface area contributed by atoms with Crippen molar-refractivity contribution in [3.8, 4) is 22.8 Å². The van der Waals surface area contributed by atoms with Crippen LogP contribution in [0.2, 0.25) is 0 Å². The van der Waals surface area contributed by atoms with Gasteiger partial charge in [-0.3, -0.25) is 4.90 Å². The minimum atomic E-state index is -0.0112. The van der Waals surface area contributed by atoms with Crippen LogP contribution in [0.1, 0.15) is 97.0 Å². The monoisotopic (exact) mass is 811 g/mol. The van der Waals surface area contributed by atoms with Crippen molar-refractivity contribution in [2.24, 2.45) is 4.99 Å². The van der Waals surface area contributed by atoms with Gasteiger partial charge in [-0.05, 0) is 63.6 Å². The maximum atomic E-state index is 5.48. The summed E-state index contributed by atoms with van der Waals surface area (Å²) in [6, 6.07) is 41.7. The van der Waals surface area contributed by atoms with E-state index >= 15 is 0 Å². The minimum absolute atomic E-state index is 0.00474. The molecule has 10 rings (SSSR count). The number of hydrogen-bond donors (Lipinski definition) is 0. The van der Waals surface area contributed by atoms with Crippen LogP contribution in [0.5, 0.6) is 0 Å². The summed E-state index contributed by atoms with van der Waals surface area (Å²) in [6.45, 7) is 20.1. The topological polar surface area (TPSA) is 72.1 Å². The fraction of sp³-hybridized carbons (Fsp3) is 0.255. The van der Waals surface area contributed by atoms with Gasteiger partial charge in [0.05, 0.1) is 6.04 Å². The molecule has 0 N–H and O–H groups in total. The Bertz CT molecular complexity index is 3120. The number of nitrogens with zero attached hydrogens (tertiary/aromatic N) is 7. The predicted molar refractivity (Wildman–Crippen MR) is 258 cm³/mol. The smallest absolute Gasteiger partial charge is 0.171 e. The van der Waals surface area contributed by atoms with Crippen molar-refractivity contribution in [3.05, 3.63) is 162 Å². The molecular weight excluding hydrogens is 759 g/mol. The van der Waals surface area contributed by atoms with E-state index in [1.165, 1.54) is 38.5 Å². The first kappa shape index (κ1) is 39.4. The molecule has 7 nitrogen and oxygen atoms in total. The number of aromatic nitrogens is 5. The third-order valence-corrected chi connectivity index (χ3v) is 12.4. The molecule has 1 atom stereocenters. The number of rotatable bonds is 5. The van der Waals surface area contributed by atoms with Crippen molar-refractivity contribution in [1.29, 1.82) is 0 Å². The SMILES string of the molecule is CC(C)(C)c1ccc(C2=Nc3nc(-c4ccc(C(C)(C)C)cc4)nc4nc(-c5ccc(C(C)(C)C)cc5)nc(c34)N2c2ccc3c(c2)c2ccccc2n3C2C=CC=CC2)cc1. The fourth-order valence-electron chi connectivity index (χ4n) is 8.79. The van der Waals surface area contributed by atoms with E-state index in [-0.39, 0.29) is 22.3 Å². The van der Waals surface area contributed by atoms with Crippen LogP contribution in [-0.4, -0.2) is 30.3 Å². The van der Waals surface area contributed by atoms with Crippen molar-refractivity contribution in [2.45, 2.75) is 91.0 Å². The van der Waals surface area contributed by atoms with Crippen LogP contribution in [0.3, 0.4) is 0 Å². The maximum absolute atomic E-state index is 5.48. The van der Waals surface area contributed by atoms with Gasteiger partial charge in [-0.2, -0.15) is 0 Å². The third-order valence-electron chi connectivity index (χ3n) is 12.4. The van der Waals surface area contributed by atoms with E-state index in [2.05, 4.69) is 211 Å². The van der Waals surface area contributed by atoms with Crippen molar-refractivity contribution in [3.63, 3.8) is 0 Å². The van der Waals surface area contributed by atoms with E-state index < -0.39 is 0 Å². The van der Waals surface area contributed by atoms with E-state index in [9.17, 15) is 0 Å². The molecule has 7 heteroatoms. The molecular formula is C55H53N7. The zero-order valence-corrected chi connectivity index (χ0v) is 37.2. The average Bonchev–Trinajstić information content (AvgIpc) is 3.59. The number of allylic oxidation sites excluding steroid dienone is 4. The molecule has 1 aliphatic heterocycles. The zero-order chi connectivity index (χ0) is 43.1. The molecule has 0 radical (unpaired) electrons. The minimum Gasteiger partial charge on any atom is -0.333 e. The molecule has 62 heavy (non-hydrogen) atoms. The molecule has 0 saturated carbocycles. The fourth-order valence-corrected chi connectivity index (χ4v) is 8.79. The first-order valence-corrected chi connectivity index (χ1v) is 21.8. The molecule has 8 aromatic rings. The predicted octanol–water partition coefficient (Wildman–Crippen LogP) is 14.0. The van der Waals surface area contributed by atoms with Crippen LogP contribution in [0.25, 0.3) is 55.6 Å². The third kappa shape index (κ3) is 6.90. The van der Waals surface area contributed by atoms with Crippen molar-refractivity contribution in [2.75, 3.05) is 4.90 Å². The molecule has 1 aliphatic carbocycles. The first-order valence-electron chi connectivity index (χ1n) is 21.8. The van der Waals surface area contributed by atoms with Gasteiger partial charge in [0.15, 0.2) is 28.9 Å². The number of para-hydroxylation sites is 1. The van der Waals surface area contributed by atoms with E-state index in [1.54, 1.807) is 0 Å². The molecule has 0 saturated heterocycles. The lowest BCUT2D eigenvalue weighted by Crippen LogP contribution is -2.30. The van der Waals surface area contributed by atoms with Crippen molar-refractivity contribution >= 4 is 56.0 Å². The molecule has 0 amide bonds. The van der Waals surface area contributed by atoms with Crippen LogP contribution in [0.4, 0.5) is 17.3 Å². The summed E-state index contributed by atoms with van der Waals surface area (Å²) in [7, 11) is 0. The Morgan fingerprint density at radius 2 is 1.08 bits per heavy atom. The summed E-state index contributed by atoms with van der Waals surface area (Å²) < 4.78 is 2.48. The number of anilines is 2. The Kier molecular flexibility index (Phi) is 9.18. The highest BCUT2D eigenvalue weighted by atomic mass is 15.3. The highest BCUT2D eigenvalue weighted by Gasteiger charge is 2.32. The second kappa shape index (κ2) is 14.4. The summed E-state index contributed by atoms with van der Waals surface area (Å²) in [5.41, 5.74) is 10.4. The van der Waals surface area contributed by atoms with Crippen LogP contribution >= 0.6 is 0 Å². The summed E-state index contributed by atoms with van der Waals surface area (Å²) in [5.74, 6) is 3.16. The number of fused-ring (bicyclic) bond motifs is 3. The van der Waals surface area contributed by atoms with Crippen molar-refractivity contribution < 1.29 is 0 Å². The van der Waals surface area contributed by atoms with E-state index in [0.717, 1.165) is 34.6 Å². The molecule has 0 fully saturated rings. The zero-order valence-electron chi connectivity index (χ0n) is 37.2. The quantitative estimate of drug-likeness (QED) is 0.173. The summed E-state index contributed by atoms with van der Waals surface area (Å²) >= 11 is 0. The van der Waals surface area contributed by atoms with Gasteiger partial charge in [0.25, 0.3) is 0 Å². The van der Waals surface area contributed by atoms with Gasteiger partial charge < -0.3 is 4.57 Å².